The number of aliphatic hydroxyl groups excluding tert-OH is 1. The number of aliphatic hydroxyl groups is 1. The summed E-state index contributed by atoms with van der Waals surface area (Å²) < 4.78 is 0. The zero-order valence-corrected chi connectivity index (χ0v) is 8.82. The first-order valence-corrected chi connectivity index (χ1v) is 4.95. The van der Waals surface area contributed by atoms with Gasteiger partial charge in [-0.1, -0.05) is 0 Å². The molecule has 1 saturated heterocycles. The Hall–Kier alpha value is -0.570. The van der Waals surface area contributed by atoms with Gasteiger partial charge in [0.15, 0.2) is 0 Å². The van der Waals surface area contributed by atoms with E-state index in [0.717, 1.165) is 0 Å². The van der Waals surface area contributed by atoms with Gasteiger partial charge in [0.05, 0.1) is 12.0 Å². The molecule has 0 saturated carbocycles. The SMILES string of the molecule is CC(O)C[C@H]1C(=O)N(C(C)C)[C@@H]1C. The summed E-state index contributed by atoms with van der Waals surface area (Å²) in [4.78, 5) is 13.4. The molecule has 0 aromatic heterocycles. The van der Waals surface area contributed by atoms with Crippen molar-refractivity contribution < 1.29 is 9.90 Å². The lowest BCUT2D eigenvalue weighted by atomic mass is 9.83. The third-order valence-electron chi connectivity index (χ3n) is 2.74. The highest BCUT2D eigenvalue weighted by molar-refractivity contribution is 5.86. The molecule has 0 bridgehead atoms. The summed E-state index contributed by atoms with van der Waals surface area (Å²) in [5.74, 6) is 0.241. The molecule has 3 atom stereocenters. The number of hydrogen-bond acceptors (Lipinski definition) is 2. The number of rotatable bonds is 3. The normalized spacial score (nSPS) is 30.6. The molecule has 0 aliphatic carbocycles. The third kappa shape index (κ3) is 1.85. The smallest absolute Gasteiger partial charge is 0.228 e. The van der Waals surface area contributed by atoms with Gasteiger partial charge in [0, 0.05) is 12.1 Å². The van der Waals surface area contributed by atoms with E-state index in [4.69, 9.17) is 0 Å². The van der Waals surface area contributed by atoms with Gasteiger partial charge in [-0.15, -0.1) is 0 Å². The van der Waals surface area contributed by atoms with Crippen molar-refractivity contribution in [3.8, 4) is 0 Å². The lowest BCUT2D eigenvalue weighted by Gasteiger charge is -2.48. The Morgan fingerprint density at radius 3 is 2.31 bits per heavy atom. The molecule has 0 aromatic rings. The van der Waals surface area contributed by atoms with E-state index in [2.05, 4.69) is 6.92 Å². The fourth-order valence-corrected chi connectivity index (χ4v) is 2.10. The van der Waals surface area contributed by atoms with Crippen LogP contribution in [0.2, 0.25) is 0 Å². The standard InChI is InChI=1S/C10H19NO2/c1-6(2)11-8(4)9(10(11)13)5-7(3)12/h6-9,12H,5H2,1-4H3/t7?,8-,9-/m1/s1. The van der Waals surface area contributed by atoms with Crippen LogP contribution < -0.4 is 0 Å². The van der Waals surface area contributed by atoms with E-state index in [1.165, 1.54) is 0 Å². The first kappa shape index (κ1) is 10.5. The van der Waals surface area contributed by atoms with Crippen LogP contribution in [0.3, 0.4) is 0 Å². The monoisotopic (exact) mass is 185 g/mol. The fraction of sp³-hybridized carbons (Fsp3) is 0.900. The molecule has 1 aliphatic rings. The number of β-lactam (4-membered cyclic amide) rings is 1. The minimum Gasteiger partial charge on any atom is -0.393 e. The van der Waals surface area contributed by atoms with Crippen molar-refractivity contribution in [2.75, 3.05) is 0 Å². The second-order valence-corrected chi connectivity index (χ2v) is 4.27. The minimum atomic E-state index is -0.370. The molecule has 76 valence electrons. The maximum Gasteiger partial charge on any atom is 0.228 e. The molecule has 0 spiro atoms. The maximum atomic E-state index is 11.6. The number of carbonyl (C=O) groups is 1. The largest absolute Gasteiger partial charge is 0.393 e. The highest BCUT2D eigenvalue weighted by Gasteiger charge is 2.45. The zero-order valence-electron chi connectivity index (χ0n) is 8.82. The van der Waals surface area contributed by atoms with Crippen molar-refractivity contribution >= 4 is 5.91 Å². The van der Waals surface area contributed by atoms with Crippen molar-refractivity contribution in [3.05, 3.63) is 0 Å². The van der Waals surface area contributed by atoms with Crippen LogP contribution in [0.5, 0.6) is 0 Å². The van der Waals surface area contributed by atoms with Gasteiger partial charge in [-0.05, 0) is 34.1 Å². The van der Waals surface area contributed by atoms with Crippen LogP contribution in [0.25, 0.3) is 0 Å². The van der Waals surface area contributed by atoms with E-state index in [0.29, 0.717) is 12.5 Å². The topological polar surface area (TPSA) is 40.5 Å². The minimum absolute atomic E-state index is 0.0439. The van der Waals surface area contributed by atoms with Gasteiger partial charge >= 0.3 is 0 Å². The number of nitrogens with zero attached hydrogens (tertiary/aromatic N) is 1. The molecule has 1 amide bonds. The Kier molecular flexibility index (Phi) is 2.96. The van der Waals surface area contributed by atoms with Crippen LogP contribution in [-0.2, 0) is 4.79 Å². The van der Waals surface area contributed by atoms with Crippen molar-refractivity contribution in [2.24, 2.45) is 5.92 Å². The Balaban J connectivity index is 2.52. The molecule has 1 N–H and O–H groups in total. The van der Waals surface area contributed by atoms with Gasteiger partial charge < -0.3 is 10.0 Å². The quantitative estimate of drug-likeness (QED) is 0.667. The molecule has 1 aliphatic heterocycles. The predicted molar refractivity (Wildman–Crippen MR) is 51.2 cm³/mol. The van der Waals surface area contributed by atoms with Gasteiger partial charge in [0.1, 0.15) is 0 Å². The summed E-state index contributed by atoms with van der Waals surface area (Å²) >= 11 is 0. The van der Waals surface area contributed by atoms with Crippen molar-refractivity contribution in [3.63, 3.8) is 0 Å². The lowest BCUT2D eigenvalue weighted by molar-refractivity contribution is -0.160. The molecular formula is C10H19NO2. The summed E-state index contributed by atoms with van der Waals surface area (Å²) in [6.45, 7) is 7.83. The number of hydrogen-bond donors (Lipinski definition) is 1. The number of amides is 1. The fourth-order valence-electron chi connectivity index (χ4n) is 2.10. The number of carbonyl (C=O) groups excluding carboxylic acids is 1. The van der Waals surface area contributed by atoms with Gasteiger partial charge in [-0.2, -0.15) is 0 Å². The van der Waals surface area contributed by atoms with Crippen molar-refractivity contribution in [1.29, 1.82) is 0 Å². The van der Waals surface area contributed by atoms with Crippen LogP contribution in [0, 0.1) is 5.92 Å². The molecule has 0 aromatic carbocycles. The summed E-state index contributed by atoms with van der Waals surface area (Å²) in [6.07, 6.45) is 0.231. The Labute approximate surface area is 79.7 Å². The van der Waals surface area contributed by atoms with Crippen LogP contribution in [0.1, 0.15) is 34.1 Å². The van der Waals surface area contributed by atoms with Gasteiger partial charge in [0.25, 0.3) is 0 Å². The van der Waals surface area contributed by atoms with Crippen molar-refractivity contribution in [2.45, 2.75) is 52.3 Å². The van der Waals surface area contributed by atoms with Crippen LogP contribution in [-0.4, -0.2) is 34.1 Å². The number of likely N-dealkylation sites (tertiary alicyclic amines) is 1. The maximum absolute atomic E-state index is 11.6. The highest BCUT2D eigenvalue weighted by atomic mass is 16.3. The van der Waals surface area contributed by atoms with Crippen LogP contribution >= 0.6 is 0 Å². The Morgan fingerprint density at radius 2 is 2.00 bits per heavy atom. The highest BCUT2D eigenvalue weighted by Crippen LogP contribution is 2.31. The molecule has 13 heavy (non-hydrogen) atoms. The molecule has 1 heterocycles. The summed E-state index contributed by atoms with van der Waals surface area (Å²) in [5.41, 5.74) is 0. The summed E-state index contributed by atoms with van der Waals surface area (Å²) in [6, 6.07) is 0.579. The van der Waals surface area contributed by atoms with Crippen molar-refractivity contribution in [1.82, 2.24) is 4.90 Å². The molecule has 1 unspecified atom stereocenters. The average Bonchev–Trinajstić information content (AvgIpc) is 2.00. The van der Waals surface area contributed by atoms with E-state index in [-0.39, 0.29) is 24.0 Å². The summed E-state index contributed by atoms with van der Waals surface area (Å²) in [7, 11) is 0. The molecule has 1 rings (SSSR count). The Bertz CT molecular complexity index is 201. The molecule has 3 nitrogen and oxygen atoms in total. The predicted octanol–water partition coefficient (Wildman–Crippen LogP) is 1.01. The van der Waals surface area contributed by atoms with E-state index in [9.17, 15) is 9.90 Å². The van der Waals surface area contributed by atoms with Gasteiger partial charge in [0.2, 0.25) is 5.91 Å². The first-order valence-electron chi connectivity index (χ1n) is 4.95. The third-order valence-corrected chi connectivity index (χ3v) is 2.74. The van der Waals surface area contributed by atoms with E-state index < -0.39 is 0 Å². The van der Waals surface area contributed by atoms with Gasteiger partial charge in [-0.3, -0.25) is 4.79 Å². The first-order chi connectivity index (χ1) is 5.95. The van der Waals surface area contributed by atoms with Crippen LogP contribution in [0.15, 0.2) is 0 Å². The van der Waals surface area contributed by atoms with Crippen LogP contribution in [0.4, 0.5) is 0 Å². The molecule has 1 fully saturated rings. The molecule has 0 radical (unpaired) electrons. The van der Waals surface area contributed by atoms with E-state index >= 15 is 0 Å². The van der Waals surface area contributed by atoms with Gasteiger partial charge in [-0.25, -0.2) is 0 Å². The molecule has 3 heteroatoms. The molecular weight excluding hydrogens is 166 g/mol. The Morgan fingerprint density at radius 1 is 1.46 bits per heavy atom. The second-order valence-electron chi connectivity index (χ2n) is 4.27. The average molecular weight is 185 g/mol. The summed E-state index contributed by atoms with van der Waals surface area (Å²) in [5, 5.41) is 9.18. The lowest BCUT2D eigenvalue weighted by Crippen LogP contribution is -2.62. The van der Waals surface area contributed by atoms with E-state index in [1.807, 2.05) is 18.7 Å². The zero-order chi connectivity index (χ0) is 10.2. The second kappa shape index (κ2) is 3.66. The van der Waals surface area contributed by atoms with E-state index in [1.54, 1.807) is 6.92 Å².